The monoisotopic (exact) mass is 272 g/mol. The summed E-state index contributed by atoms with van der Waals surface area (Å²) < 4.78 is 0. The Morgan fingerprint density at radius 3 is 2.68 bits per heavy atom. The van der Waals surface area contributed by atoms with Crippen molar-refractivity contribution < 1.29 is 0 Å². The number of anilines is 1. The van der Waals surface area contributed by atoms with E-state index in [2.05, 4.69) is 16.0 Å². The predicted molar refractivity (Wildman–Crippen MR) is 75.2 cm³/mol. The Morgan fingerprint density at radius 1 is 1.26 bits per heavy atom. The lowest BCUT2D eigenvalue weighted by Gasteiger charge is -2.19. The Labute approximate surface area is 117 Å². The number of aromatic nitrogens is 2. The molecule has 0 spiro atoms. The van der Waals surface area contributed by atoms with Crippen LogP contribution in [0.15, 0.2) is 36.8 Å². The summed E-state index contributed by atoms with van der Waals surface area (Å²) in [6, 6.07) is 7.63. The van der Waals surface area contributed by atoms with Crippen LogP contribution in [-0.4, -0.2) is 23.6 Å². The number of rotatable bonds is 4. The van der Waals surface area contributed by atoms with Crippen molar-refractivity contribution in [2.24, 2.45) is 0 Å². The fraction of sp³-hybridized carbons (Fsp3) is 0.214. The SMILES string of the molecule is CN(CCc1ccncc1)c1nccc(C#N)c1Cl. The average molecular weight is 273 g/mol. The van der Waals surface area contributed by atoms with Crippen LogP contribution in [0, 0.1) is 11.3 Å². The summed E-state index contributed by atoms with van der Waals surface area (Å²) in [5.74, 6) is 0.634. The fourth-order valence-corrected chi connectivity index (χ4v) is 2.04. The van der Waals surface area contributed by atoms with E-state index in [4.69, 9.17) is 16.9 Å². The van der Waals surface area contributed by atoms with Gasteiger partial charge >= 0.3 is 0 Å². The van der Waals surface area contributed by atoms with Crippen molar-refractivity contribution >= 4 is 17.4 Å². The number of hydrogen-bond donors (Lipinski definition) is 0. The Bertz CT molecular complexity index is 592. The average Bonchev–Trinajstić information content (AvgIpc) is 2.46. The molecule has 0 N–H and O–H groups in total. The second-order valence-electron chi connectivity index (χ2n) is 4.13. The quantitative estimate of drug-likeness (QED) is 0.859. The number of halogens is 1. The van der Waals surface area contributed by atoms with Crippen molar-refractivity contribution in [3.05, 3.63) is 52.9 Å². The molecular formula is C14H13ClN4. The van der Waals surface area contributed by atoms with Crippen molar-refractivity contribution in [1.82, 2.24) is 9.97 Å². The van der Waals surface area contributed by atoms with Gasteiger partial charge in [-0.15, -0.1) is 0 Å². The Morgan fingerprint density at radius 2 is 2.00 bits per heavy atom. The summed E-state index contributed by atoms with van der Waals surface area (Å²) in [4.78, 5) is 10.2. The van der Waals surface area contributed by atoms with Gasteiger partial charge in [0.2, 0.25) is 0 Å². The van der Waals surface area contributed by atoms with E-state index in [0.717, 1.165) is 13.0 Å². The van der Waals surface area contributed by atoms with Crippen molar-refractivity contribution in [3.63, 3.8) is 0 Å². The molecule has 0 aliphatic carbocycles. The highest BCUT2D eigenvalue weighted by Gasteiger charge is 2.11. The van der Waals surface area contributed by atoms with Crippen LogP contribution in [0.25, 0.3) is 0 Å². The molecule has 2 rings (SSSR count). The van der Waals surface area contributed by atoms with Crippen LogP contribution in [0.5, 0.6) is 0 Å². The fourth-order valence-electron chi connectivity index (χ4n) is 1.74. The van der Waals surface area contributed by atoms with Gasteiger partial charge in [-0.2, -0.15) is 5.26 Å². The summed E-state index contributed by atoms with van der Waals surface area (Å²) in [5.41, 5.74) is 1.65. The topological polar surface area (TPSA) is 52.8 Å². The minimum atomic E-state index is 0.405. The van der Waals surface area contributed by atoms with Crippen molar-refractivity contribution in [3.8, 4) is 6.07 Å². The lowest BCUT2D eigenvalue weighted by molar-refractivity contribution is 0.858. The third kappa shape index (κ3) is 3.21. The Kier molecular flexibility index (Phi) is 4.32. The smallest absolute Gasteiger partial charge is 0.148 e. The molecule has 0 saturated heterocycles. The maximum Gasteiger partial charge on any atom is 0.148 e. The first kappa shape index (κ1) is 13.3. The molecule has 19 heavy (non-hydrogen) atoms. The minimum Gasteiger partial charge on any atom is -0.358 e. The Balaban J connectivity index is 2.09. The molecule has 0 unspecified atom stereocenters. The lowest BCUT2D eigenvalue weighted by atomic mass is 10.2. The van der Waals surface area contributed by atoms with Gasteiger partial charge in [0.1, 0.15) is 16.9 Å². The van der Waals surface area contributed by atoms with E-state index in [1.807, 2.05) is 24.1 Å². The number of likely N-dealkylation sites (N-methyl/N-ethyl adjacent to an activating group) is 1. The molecule has 0 amide bonds. The van der Waals surface area contributed by atoms with Crippen LogP contribution in [0.1, 0.15) is 11.1 Å². The standard InChI is InChI=1S/C14H13ClN4/c1-19(9-5-11-2-6-17-7-3-11)14-13(15)12(10-16)4-8-18-14/h2-4,6-8H,5,9H2,1H3. The van der Waals surface area contributed by atoms with Gasteiger partial charge in [0.15, 0.2) is 0 Å². The maximum atomic E-state index is 8.94. The van der Waals surface area contributed by atoms with E-state index in [1.54, 1.807) is 24.7 Å². The van der Waals surface area contributed by atoms with Gasteiger partial charge < -0.3 is 4.90 Å². The molecule has 2 heterocycles. The second-order valence-corrected chi connectivity index (χ2v) is 4.51. The zero-order valence-electron chi connectivity index (χ0n) is 10.5. The molecule has 0 bridgehead atoms. The molecular weight excluding hydrogens is 260 g/mol. The van der Waals surface area contributed by atoms with E-state index >= 15 is 0 Å². The number of pyridine rings is 2. The van der Waals surface area contributed by atoms with Crippen molar-refractivity contribution in [1.29, 1.82) is 5.26 Å². The van der Waals surface area contributed by atoms with Gasteiger partial charge in [0, 0.05) is 32.2 Å². The van der Waals surface area contributed by atoms with E-state index in [9.17, 15) is 0 Å². The minimum absolute atomic E-state index is 0.405. The van der Waals surface area contributed by atoms with E-state index in [1.165, 1.54) is 5.56 Å². The predicted octanol–water partition coefficient (Wildman–Crippen LogP) is 2.68. The summed E-state index contributed by atoms with van der Waals surface area (Å²) >= 11 is 6.15. The van der Waals surface area contributed by atoms with Crippen LogP contribution in [-0.2, 0) is 6.42 Å². The Hall–Kier alpha value is -2.12. The third-order valence-corrected chi connectivity index (χ3v) is 3.21. The molecule has 2 aromatic rings. The summed E-state index contributed by atoms with van der Waals surface area (Å²) in [6.45, 7) is 0.769. The molecule has 0 radical (unpaired) electrons. The first-order valence-corrected chi connectivity index (χ1v) is 6.25. The highest BCUT2D eigenvalue weighted by molar-refractivity contribution is 6.34. The van der Waals surface area contributed by atoms with Crippen molar-refractivity contribution in [2.45, 2.75) is 6.42 Å². The summed E-state index contributed by atoms with van der Waals surface area (Å²) in [5, 5.41) is 9.35. The van der Waals surface area contributed by atoms with E-state index < -0.39 is 0 Å². The molecule has 0 aliphatic heterocycles. The van der Waals surface area contributed by atoms with Gasteiger partial charge in [0.05, 0.1) is 5.56 Å². The molecule has 0 aliphatic rings. The highest BCUT2D eigenvalue weighted by Crippen LogP contribution is 2.25. The molecule has 5 heteroatoms. The van der Waals surface area contributed by atoms with Gasteiger partial charge in [-0.1, -0.05) is 11.6 Å². The molecule has 0 fully saturated rings. The zero-order valence-corrected chi connectivity index (χ0v) is 11.3. The van der Waals surface area contributed by atoms with Crippen LogP contribution in [0.3, 0.4) is 0 Å². The van der Waals surface area contributed by atoms with Crippen LogP contribution < -0.4 is 4.90 Å². The van der Waals surface area contributed by atoms with Gasteiger partial charge in [-0.3, -0.25) is 4.98 Å². The van der Waals surface area contributed by atoms with E-state index in [0.29, 0.717) is 16.4 Å². The van der Waals surface area contributed by atoms with Crippen LogP contribution in [0.4, 0.5) is 5.82 Å². The number of hydrogen-bond acceptors (Lipinski definition) is 4. The number of nitriles is 1. The van der Waals surface area contributed by atoms with Crippen LogP contribution >= 0.6 is 11.6 Å². The van der Waals surface area contributed by atoms with Crippen LogP contribution in [0.2, 0.25) is 5.02 Å². The van der Waals surface area contributed by atoms with Gasteiger partial charge in [0.25, 0.3) is 0 Å². The molecule has 0 aromatic carbocycles. The van der Waals surface area contributed by atoms with Gasteiger partial charge in [-0.25, -0.2) is 4.98 Å². The lowest BCUT2D eigenvalue weighted by Crippen LogP contribution is -2.22. The molecule has 96 valence electrons. The maximum absolute atomic E-state index is 8.94. The molecule has 0 atom stereocenters. The van der Waals surface area contributed by atoms with Crippen molar-refractivity contribution in [2.75, 3.05) is 18.5 Å². The molecule has 0 saturated carbocycles. The third-order valence-electron chi connectivity index (χ3n) is 2.84. The van der Waals surface area contributed by atoms with Gasteiger partial charge in [-0.05, 0) is 30.2 Å². The largest absolute Gasteiger partial charge is 0.358 e. The first-order chi connectivity index (χ1) is 9.22. The normalized spacial score (nSPS) is 9.95. The highest BCUT2D eigenvalue weighted by atomic mass is 35.5. The second kappa shape index (κ2) is 6.17. The zero-order chi connectivity index (χ0) is 13.7. The summed E-state index contributed by atoms with van der Waals surface area (Å²) in [7, 11) is 1.91. The van der Waals surface area contributed by atoms with E-state index in [-0.39, 0.29) is 0 Å². The molecule has 4 nitrogen and oxygen atoms in total. The summed E-state index contributed by atoms with van der Waals surface area (Å²) in [6.07, 6.45) is 6.02. The molecule has 2 aromatic heterocycles. The first-order valence-electron chi connectivity index (χ1n) is 5.87. The number of nitrogens with zero attached hydrogens (tertiary/aromatic N) is 4.